The molecule has 2 aliphatic heterocycles. The lowest BCUT2D eigenvalue weighted by Gasteiger charge is -2.35. The van der Waals surface area contributed by atoms with E-state index in [0.717, 1.165) is 61.0 Å². The summed E-state index contributed by atoms with van der Waals surface area (Å²) in [5.74, 6) is 0.187. The predicted octanol–water partition coefficient (Wildman–Crippen LogP) is 3.29. The maximum atomic E-state index is 13.4. The first-order valence-corrected chi connectivity index (χ1v) is 13.2. The van der Waals surface area contributed by atoms with E-state index < -0.39 is 0 Å². The largest absolute Gasteiger partial charge is 0.342 e. The van der Waals surface area contributed by atoms with Gasteiger partial charge in [-0.1, -0.05) is 17.3 Å². The van der Waals surface area contributed by atoms with E-state index in [1.54, 1.807) is 0 Å². The van der Waals surface area contributed by atoms with E-state index in [4.69, 9.17) is 0 Å². The van der Waals surface area contributed by atoms with Gasteiger partial charge in [0.2, 0.25) is 11.8 Å². The van der Waals surface area contributed by atoms with Crippen LogP contribution in [0.5, 0.6) is 0 Å². The summed E-state index contributed by atoms with van der Waals surface area (Å²) in [5.41, 5.74) is 3.03. The molecule has 3 aliphatic rings. The molecule has 3 heterocycles. The maximum absolute atomic E-state index is 13.4. The zero-order chi connectivity index (χ0) is 23.7. The van der Waals surface area contributed by atoms with E-state index in [1.807, 2.05) is 29.2 Å². The van der Waals surface area contributed by atoms with E-state index in [-0.39, 0.29) is 23.7 Å². The van der Waals surface area contributed by atoms with Gasteiger partial charge in [-0.05, 0) is 86.7 Å². The smallest absolute Gasteiger partial charge is 0.227 e. The molecule has 1 aromatic carbocycles. The fraction of sp³-hybridized carbons (Fsp3) is 0.600. The number of rotatable bonds is 4. The standard InChI is InChI=1S/C25H33BrN6O2/c1-30-12-10-19(11-13-30)32-23-16-18(6-7-22(23)28-29-32)25(34)31-14-8-17(9-15-31)24(33)27-21-5-3-2-4-20(21)26/h2-5,17-19H,6-16H2,1H3,(H,27,33). The quantitative estimate of drug-likeness (QED) is 0.658. The second-order valence-electron chi connectivity index (χ2n) is 9.97. The summed E-state index contributed by atoms with van der Waals surface area (Å²) in [7, 11) is 2.16. The molecule has 182 valence electrons. The molecule has 34 heavy (non-hydrogen) atoms. The van der Waals surface area contributed by atoms with Gasteiger partial charge in [0.1, 0.15) is 0 Å². The third-order valence-corrected chi connectivity index (χ3v) is 8.42. The van der Waals surface area contributed by atoms with Crippen LogP contribution in [-0.2, 0) is 22.4 Å². The van der Waals surface area contributed by atoms with Gasteiger partial charge in [0.25, 0.3) is 0 Å². The number of aryl methyl sites for hydroxylation is 1. The molecular weight excluding hydrogens is 496 g/mol. The summed E-state index contributed by atoms with van der Waals surface area (Å²) in [4.78, 5) is 30.5. The topological polar surface area (TPSA) is 83.4 Å². The van der Waals surface area contributed by atoms with E-state index in [1.165, 1.54) is 5.69 Å². The number of likely N-dealkylation sites (tertiary alicyclic amines) is 2. The zero-order valence-electron chi connectivity index (χ0n) is 19.8. The molecule has 0 spiro atoms. The van der Waals surface area contributed by atoms with E-state index in [2.05, 4.69) is 48.2 Å². The number of amides is 2. The van der Waals surface area contributed by atoms with Gasteiger partial charge < -0.3 is 15.1 Å². The van der Waals surface area contributed by atoms with Gasteiger partial charge >= 0.3 is 0 Å². The lowest BCUT2D eigenvalue weighted by Crippen LogP contribution is -2.45. The van der Waals surface area contributed by atoms with Crippen molar-refractivity contribution < 1.29 is 9.59 Å². The Labute approximate surface area is 209 Å². The number of halogens is 1. The number of nitrogens with zero attached hydrogens (tertiary/aromatic N) is 5. The van der Waals surface area contributed by atoms with Gasteiger partial charge in [-0.3, -0.25) is 9.59 Å². The van der Waals surface area contributed by atoms with Crippen LogP contribution in [0.15, 0.2) is 28.7 Å². The highest BCUT2D eigenvalue weighted by Gasteiger charge is 2.35. The number of aromatic nitrogens is 3. The molecule has 0 radical (unpaired) electrons. The summed E-state index contributed by atoms with van der Waals surface area (Å²) in [6, 6.07) is 8.03. The van der Waals surface area contributed by atoms with Crippen molar-refractivity contribution in [3.05, 3.63) is 40.1 Å². The predicted molar refractivity (Wildman–Crippen MR) is 133 cm³/mol. The Morgan fingerprint density at radius 3 is 2.47 bits per heavy atom. The van der Waals surface area contributed by atoms with Gasteiger partial charge in [0.05, 0.1) is 23.1 Å². The first kappa shape index (κ1) is 23.5. The summed E-state index contributed by atoms with van der Waals surface area (Å²) in [5, 5.41) is 12.0. The molecule has 1 aliphatic carbocycles. The Morgan fingerprint density at radius 2 is 1.74 bits per heavy atom. The number of carbonyl (C=O) groups excluding carboxylic acids is 2. The highest BCUT2D eigenvalue weighted by Crippen LogP contribution is 2.31. The first-order chi connectivity index (χ1) is 16.5. The van der Waals surface area contributed by atoms with Crippen LogP contribution >= 0.6 is 15.9 Å². The zero-order valence-corrected chi connectivity index (χ0v) is 21.3. The number of carbonyl (C=O) groups is 2. The van der Waals surface area contributed by atoms with Gasteiger partial charge in [-0.15, -0.1) is 5.10 Å². The molecular formula is C25H33BrN6O2. The van der Waals surface area contributed by atoms with Crippen molar-refractivity contribution in [2.75, 3.05) is 38.5 Å². The molecule has 9 heteroatoms. The molecule has 2 saturated heterocycles. The minimum absolute atomic E-state index is 0.0123. The van der Waals surface area contributed by atoms with Crippen LogP contribution in [-0.4, -0.2) is 69.8 Å². The summed E-state index contributed by atoms with van der Waals surface area (Å²) in [6.45, 7) is 3.43. The second-order valence-corrected chi connectivity index (χ2v) is 10.8. The Hall–Kier alpha value is -2.26. The fourth-order valence-electron chi connectivity index (χ4n) is 5.56. The van der Waals surface area contributed by atoms with Crippen LogP contribution in [0.2, 0.25) is 0 Å². The Balaban J connectivity index is 1.17. The van der Waals surface area contributed by atoms with Crippen LogP contribution in [0, 0.1) is 11.8 Å². The lowest BCUT2D eigenvalue weighted by atomic mass is 9.87. The van der Waals surface area contributed by atoms with Crippen molar-refractivity contribution in [1.82, 2.24) is 24.8 Å². The normalized spacial score (nSPS) is 22.4. The number of benzene rings is 1. The highest BCUT2D eigenvalue weighted by molar-refractivity contribution is 9.10. The average Bonchev–Trinajstić information content (AvgIpc) is 3.29. The molecule has 2 amide bonds. The molecule has 8 nitrogen and oxygen atoms in total. The van der Waals surface area contributed by atoms with Crippen molar-refractivity contribution in [3.63, 3.8) is 0 Å². The van der Waals surface area contributed by atoms with Gasteiger partial charge in [0, 0.05) is 35.8 Å². The first-order valence-electron chi connectivity index (χ1n) is 12.4. The number of hydrogen-bond acceptors (Lipinski definition) is 5. The third kappa shape index (κ3) is 4.91. The molecule has 2 aromatic rings. The van der Waals surface area contributed by atoms with Crippen LogP contribution in [0.1, 0.15) is 49.5 Å². The minimum Gasteiger partial charge on any atom is -0.342 e. The van der Waals surface area contributed by atoms with Crippen molar-refractivity contribution in [1.29, 1.82) is 0 Å². The Morgan fingerprint density at radius 1 is 1.00 bits per heavy atom. The summed E-state index contributed by atoms with van der Waals surface area (Å²) < 4.78 is 3.00. The third-order valence-electron chi connectivity index (χ3n) is 7.73. The number of hydrogen-bond donors (Lipinski definition) is 1. The van der Waals surface area contributed by atoms with Crippen LogP contribution in [0.4, 0.5) is 5.69 Å². The van der Waals surface area contributed by atoms with Crippen LogP contribution in [0.25, 0.3) is 0 Å². The van der Waals surface area contributed by atoms with Crippen molar-refractivity contribution in [2.24, 2.45) is 11.8 Å². The van der Waals surface area contributed by atoms with E-state index in [0.29, 0.717) is 32.0 Å². The van der Waals surface area contributed by atoms with Gasteiger partial charge in [-0.2, -0.15) is 0 Å². The SMILES string of the molecule is CN1CCC(n2nnc3c2CC(C(=O)N2CCC(C(=O)Nc4ccccc4Br)CC2)CC3)CC1. The van der Waals surface area contributed by atoms with Gasteiger partial charge in [0.15, 0.2) is 0 Å². The van der Waals surface area contributed by atoms with Crippen LogP contribution < -0.4 is 5.32 Å². The Bertz CT molecular complexity index is 1040. The molecule has 1 N–H and O–H groups in total. The maximum Gasteiger partial charge on any atom is 0.227 e. The second kappa shape index (κ2) is 10.2. The number of piperidine rings is 2. The monoisotopic (exact) mass is 528 g/mol. The highest BCUT2D eigenvalue weighted by atomic mass is 79.9. The molecule has 1 aromatic heterocycles. The lowest BCUT2D eigenvalue weighted by molar-refractivity contribution is -0.138. The van der Waals surface area contributed by atoms with Gasteiger partial charge in [-0.25, -0.2) is 4.68 Å². The van der Waals surface area contributed by atoms with E-state index >= 15 is 0 Å². The van der Waals surface area contributed by atoms with Crippen LogP contribution in [0.3, 0.4) is 0 Å². The van der Waals surface area contributed by atoms with Crippen molar-refractivity contribution in [2.45, 2.75) is 51.0 Å². The molecule has 1 atom stereocenters. The minimum atomic E-state index is -0.0656. The molecule has 2 fully saturated rings. The summed E-state index contributed by atoms with van der Waals surface area (Å²) >= 11 is 3.48. The van der Waals surface area contributed by atoms with Crippen molar-refractivity contribution >= 4 is 33.4 Å². The molecule has 5 rings (SSSR count). The fourth-order valence-corrected chi connectivity index (χ4v) is 5.94. The molecule has 0 saturated carbocycles. The Kier molecular flexibility index (Phi) is 7.01. The number of nitrogens with one attached hydrogen (secondary N) is 1. The van der Waals surface area contributed by atoms with Crippen molar-refractivity contribution in [3.8, 4) is 0 Å². The molecule has 1 unspecified atom stereocenters. The summed E-state index contributed by atoms with van der Waals surface area (Å²) in [6.07, 6.45) is 5.96. The average molecular weight is 529 g/mol. The number of para-hydroxylation sites is 1. The molecule has 0 bridgehead atoms. The van der Waals surface area contributed by atoms with E-state index in [9.17, 15) is 9.59 Å². The number of anilines is 1. The number of fused-ring (bicyclic) bond motifs is 1.